The molecule has 0 aliphatic heterocycles. The molecule has 1 aliphatic rings. The van der Waals surface area contributed by atoms with Crippen molar-refractivity contribution in [3.8, 4) is 5.75 Å². The van der Waals surface area contributed by atoms with Crippen molar-refractivity contribution in [2.45, 2.75) is 44.9 Å². The third kappa shape index (κ3) is 6.17. The number of hydrogen-bond donors (Lipinski definition) is 1. The highest BCUT2D eigenvalue weighted by Gasteiger charge is 2.02. The fourth-order valence-corrected chi connectivity index (χ4v) is 2.77. The summed E-state index contributed by atoms with van der Waals surface area (Å²) in [6.45, 7) is 0.810. The molecular weight excluding hydrogens is 288 g/mol. The molecule has 22 heavy (non-hydrogen) atoms. The highest BCUT2D eigenvalue weighted by molar-refractivity contribution is 7.80. The van der Waals surface area contributed by atoms with E-state index in [4.69, 9.17) is 4.74 Å². The van der Waals surface area contributed by atoms with Crippen LogP contribution in [0.5, 0.6) is 5.75 Å². The molecule has 1 aromatic rings. The molecule has 0 fully saturated rings. The summed E-state index contributed by atoms with van der Waals surface area (Å²) in [5, 5.41) is 0. The standard InChI is InChI=1S/C20H26OS/c22-16-9-5-3-1-2-4-8-15-21-20-14-10-13-19(17-20)18-11-6-7-12-18/h6-7,10-11,13-14,17,22H,1-5,8-9,15-16H2. The zero-order chi connectivity index (χ0) is 15.5. The largest absolute Gasteiger partial charge is 0.494 e. The van der Waals surface area contributed by atoms with Crippen molar-refractivity contribution in [1.29, 1.82) is 0 Å². The second-order valence-corrected chi connectivity index (χ2v) is 6.11. The highest BCUT2D eigenvalue weighted by atomic mass is 32.1. The third-order valence-corrected chi connectivity index (χ3v) is 4.13. The van der Waals surface area contributed by atoms with Gasteiger partial charge in [0.25, 0.3) is 0 Å². The molecule has 1 nitrogen and oxygen atoms in total. The SMILES string of the molecule is SCCCCCCCCCOc1cccc(C2=C=CC=C2)c1. The molecular formula is C20H26OS. The van der Waals surface area contributed by atoms with E-state index in [0.29, 0.717) is 0 Å². The fourth-order valence-electron chi connectivity index (χ4n) is 2.55. The van der Waals surface area contributed by atoms with Crippen LogP contribution in [0.25, 0.3) is 5.57 Å². The summed E-state index contributed by atoms with van der Waals surface area (Å²) in [6.07, 6.45) is 15.0. The first-order valence-electron chi connectivity index (χ1n) is 8.37. The van der Waals surface area contributed by atoms with Gasteiger partial charge in [0.2, 0.25) is 0 Å². The Morgan fingerprint density at radius 2 is 1.73 bits per heavy atom. The molecule has 0 spiro atoms. The average Bonchev–Trinajstić information content (AvgIpc) is 3.08. The van der Waals surface area contributed by atoms with E-state index in [1.807, 2.05) is 24.3 Å². The number of allylic oxidation sites excluding steroid dienone is 3. The van der Waals surface area contributed by atoms with Crippen molar-refractivity contribution in [3.63, 3.8) is 0 Å². The zero-order valence-electron chi connectivity index (χ0n) is 13.3. The maximum atomic E-state index is 5.87. The van der Waals surface area contributed by atoms with Crippen LogP contribution in [0.4, 0.5) is 0 Å². The molecule has 2 rings (SSSR count). The lowest BCUT2D eigenvalue weighted by atomic mass is 10.1. The number of rotatable bonds is 11. The number of benzene rings is 1. The Morgan fingerprint density at radius 1 is 0.955 bits per heavy atom. The van der Waals surface area contributed by atoms with E-state index >= 15 is 0 Å². The molecule has 0 heterocycles. The molecule has 118 valence electrons. The lowest BCUT2D eigenvalue weighted by molar-refractivity contribution is 0.304. The number of hydrogen-bond acceptors (Lipinski definition) is 2. The Morgan fingerprint density at radius 3 is 2.45 bits per heavy atom. The molecule has 0 atom stereocenters. The Kier molecular flexibility index (Phi) is 8.01. The van der Waals surface area contributed by atoms with E-state index in [1.165, 1.54) is 44.1 Å². The quantitative estimate of drug-likeness (QED) is 0.307. The molecule has 1 aliphatic carbocycles. The van der Waals surface area contributed by atoms with Crippen molar-refractivity contribution < 1.29 is 4.74 Å². The van der Waals surface area contributed by atoms with Crippen molar-refractivity contribution in [3.05, 3.63) is 53.8 Å². The summed E-state index contributed by atoms with van der Waals surface area (Å²) in [4.78, 5) is 0. The fraction of sp³-hybridized carbons (Fsp3) is 0.450. The second-order valence-electron chi connectivity index (χ2n) is 5.66. The van der Waals surface area contributed by atoms with E-state index in [9.17, 15) is 0 Å². The van der Waals surface area contributed by atoms with Gasteiger partial charge in [-0.15, -0.1) is 5.73 Å². The predicted octanol–water partition coefficient (Wildman–Crippen LogP) is 5.83. The molecule has 0 aromatic heterocycles. The van der Waals surface area contributed by atoms with Crippen LogP contribution in [-0.2, 0) is 0 Å². The number of ether oxygens (including phenoxy) is 1. The van der Waals surface area contributed by atoms with E-state index in [0.717, 1.165) is 30.1 Å². The summed E-state index contributed by atoms with van der Waals surface area (Å²) in [5.41, 5.74) is 5.53. The van der Waals surface area contributed by atoms with Crippen molar-refractivity contribution in [2.75, 3.05) is 12.4 Å². The minimum Gasteiger partial charge on any atom is -0.494 e. The van der Waals surface area contributed by atoms with Gasteiger partial charge < -0.3 is 4.74 Å². The van der Waals surface area contributed by atoms with Gasteiger partial charge in [0, 0.05) is 5.57 Å². The molecule has 0 amide bonds. The van der Waals surface area contributed by atoms with E-state index in [-0.39, 0.29) is 0 Å². The lowest BCUT2D eigenvalue weighted by Crippen LogP contribution is -1.97. The topological polar surface area (TPSA) is 9.23 Å². The van der Waals surface area contributed by atoms with Crippen LogP contribution >= 0.6 is 12.6 Å². The summed E-state index contributed by atoms with van der Waals surface area (Å²) in [5.74, 6) is 1.98. The minimum atomic E-state index is 0.810. The van der Waals surface area contributed by atoms with Crippen LogP contribution in [-0.4, -0.2) is 12.4 Å². The molecule has 0 unspecified atom stereocenters. The van der Waals surface area contributed by atoms with Crippen molar-refractivity contribution >= 4 is 18.2 Å². The first kappa shape index (κ1) is 17.0. The van der Waals surface area contributed by atoms with Gasteiger partial charge in [-0.1, -0.05) is 50.3 Å². The van der Waals surface area contributed by atoms with Gasteiger partial charge in [-0.25, -0.2) is 0 Å². The number of unbranched alkanes of at least 4 members (excludes halogenated alkanes) is 6. The molecule has 0 bridgehead atoms. The molecule has 0 N–H and O–H groups in total. The first-order chi connectivity index (χ1) is 10.9. The average molecular weight is 314 g/mol. The highest BCUT2D eigenvalue weighted by Crippen LogP contribution is 2.22. The Hall–Kier alpha value is -1.37. The molecule has 0 radical (unpaired) electrons. The number of thiol groups is 1. The molecule has 2 heteroatoms. The summed E-state index contributed by atoms with van der Waals surface area (Å²) in [7, 11) is 0. The van der Waals surface area contributed by atoms with E-state index in [1.54, 1.807) is 0 Å². The van der Waals surface area contributed by atoms with Gasteiger partial charge in [-0.3, -0.25) is 0 Å². The van der Waals surface area contributed by atoms with E-state index < -0.39 is 0 Å². The third-order valence-electron chi connectivity index (χ3n) is 3.81. The van der Waals surface area contributed by atoms with Gasteiger partial charge >= 0.3 is 0 Å². The minimum absolute atomic E-state index is 0.810. The van der Waals surface area contributed by atoms with Gasteiger partial charge in [0.15, 0.2) is 0 Å². The Bertz CT molecular complexity index is 538. The maximum absolute atomic E-state index is 5.87. The lowest BCUT2D eigenvalue weighted by Gasteiger charge is -2.08. The van der Waals surface area contributed by atoms with Crippen LogP contribution in [0.15, 0.2) is 48.2 Å². The van der Waals surface area contributed by atoms with Gasteiger partial charge in [-0.05, 0) is 48.4 Å². The van der Waals surface area contributed by atoms with Gasteiger partial charge in [0.1, 0.15) is 5.75 Å². The summed E-state index contributed by atoms with van der Waals surface area (Å²) in [6, 6.07) is 8.28. The van der Waals surface area contributed by atoms with Crippen molar-refractivity contribution in [1.82, 2.24) is 0 Å². The smallest absolute Gasteiger partial charge is 0.119 e. The van der Waals surface area contributed by atoms with Crippen LogP contribution < -0.4 is 4.74 Å². The molecule has 0 saturated heterocycles. The predicted molar refractivity (Wildman–Crippen MR) is 98.7 cm³/mol. The van der Waals surface area contributed by atoms with Crippen molar-refractivity contribution in [2.24, 2.45) is 0 Å². The van der Waals surface area contributed by atoms with Gasteiger partial charge in [-0.2, -0.15) is 12.6 Å². The summed E-state index contributed by atoms with van der Waals surface area (Å²) < 4.78 is 5.87. The summed E-state index contributed by atoms with van der Waals surface area (Å²) >= 11 is 4.23. The Balaban J connectivity index is 1.60. The first-order valence-corrected chi connectivity index (χ1v) is 9.01. The monoisotopic (exact) mass is 314 g/mol. The second kappa shape index (κ2) is 10.4. The van der Waals surface area contributed by atoms with Crippen LogP contribution in [0, 0.1) is 0 Å². The van der Waals surface area contributed by atoms with Crippen LogP contribution in [0.1, 0.15) is 50.5 Å². The van der Waals surface area contributed by atoms with Crippen LogP contribution in [0.2, 0.25) is 0 Å². The normalized spacial score (nSPS) is 12.7. The van der Waals surface area contributed by atoms with Crippen LogP contribution in [0.3, 0.4) is 0 Å². The Labute approximate surface area is 140 Å². The maximum Gasteiger partial charge on any atom is 0.119 e. The van der Waals surface area contributed by atoms with Gasteiger partial charge in [0.05, 0.1) is 6.61 Å². The van der Waals surface area contributed by atoms with E-state index in [2.05, 4.69) is 36.6 Å². The molecule has 0 saturated carbocycles. The molecule has 1 aromatic carbocycles. The zero-order valence-corrected chi connectivity index (χ0v) is 14.2.